The molecule has 1 N–H and O–H groups in total. The molecule has 3 aliphatic heterocycles. The summed E-state index contributed by atoms with van der Waals surface area (Å²) in [4.78, 5) is 32.1. The normalized spacial score (nSPS) is 31.4. The third-order valence-electron chi connectivity index (χ3n) is 8.39. The molecule has 1 aromatic carbocycles. The molecule has 2 bridgehead atoms. The second-order valence-electron chi connectivity index (χ2n) is 10.3. The highest BCUT2D eigenvalue weighted by Crippen LogP contribution is 2.41. The number of hydrogen-bond acceptors (Lipinski definition) is 3. The largest absolute Gasteiger partial charge is 0.480 e. The zero-order valence-electron chi connectivity index (χ0n) is 19.1. The molecule has 0 spiro atoms. The molecule has 6 heteroatoms. The number of carbonyl (C=O) groups is 2. The molecule has 1 aromatic rings. The van der Waals surface area contributed by atoms with Crippen LogP contribution in [0.3, 0.4) is 0 Å². The number of carboxylic acid groups (broad SMARTS) is 1. The van der Waals surface area contributed by atoms with Crippen molar-refractivity contribution in [3.8, 4) is 0 Å². The minimum atomic E-state index is -0.882. The summed E-state index contributed by atoms with van der Waals surface area (Å²) in [5.74, 6) is -0.882. The highest BCUT2D eigenvalue weighted by atomic mass is 16.4. The van der Waals surface area contributed by atoms with Crippen molar-refractivity contribution in [1.82, 2.24) is 9.80 Å². The number of likely N-dealkylation sites (tertiary alicyclic amines) is 1. The molecule has 2 amide bonds. The average molecular weight is 440 g/mol. The third kappa shape index (κ3) is 4.14. The van der Waals surface area contributed by atoms with Gasteiger partial charge in [-0.05, 0) is 63.5 Å². The SMILES string of the molecule is O=C(O)[C@H]1CCCN1C(=O)N(c1ccccc1)C1C[C@H]2CCC[C@@H](C1)N2C1CCCCC1. The van der Waals surface area contributed by atoms with Gasteiger partial charge < -0.3 is 10.0 Å². The number of hydrogen-bond donors (Lipinski definition) is 1. The summed E-state index contributed by atoms with van der Waals surface area (Å²) in [5.41, 5.74) is 0.905. The van der Waals surface area contributed by atoms with Crippen LogP contribution in [0.5, 0.6) is 0 Å². The van der Waals surface area contributed by atoms with Crippen molar-refractivity contribution in [2.24, 2.45) is 0 Å². The number of carbonyl (C=O) groups excluding carboxylic acids is 1. The Kier molecular flexibility index (Phi) is 6.40. The minimum absolute atomic E-state index is 0.115. The number of nitrogens with zero attached hydrogens (tertiary/aromatic N) is 3. The van der Waals surface area contributed by atoms with Crippen molar-refractivity contribution in [3.05, 3.63) is 30.3 Å². The van der Waals surface area contributed by atoms with Crippen molar-refractivity contribution in [1.29, 1.82) is 0 Å². The lowest BCUT2D eigenvalue weighted by atomic mass is 9.78. The lowest BCUT2D eigenvalue weighted by Crippen LogP contribution is -2.62. The molecule has 4 fully saturated rings. The van der Waals surface area contributed by atoms with E-state index in [-0.39, 0.29) is 12.1 Å². The van der Waals surface area contributed by atoms with Crippen LogP contribution < -0.4 is 4.90 Å². The molecular weight excluding hydrogens is 402 g/mol. The van der Waals surface area contributed by atoms with Crippen LogP contribution in [-0.2, 0) is 4.79 Å². The molecule has 0 aromatic heterocycles. The van der Waals surface area contributed by atoms with Gasteiger partial charge in [-0.3, -0.25) is 9.80 Å². The van der Waals surface area contributed by atoms with E-state index >= 15 is 0 Å². The number of aliphatic carboxylic acids is 1. The maximum absolute atomic E-state index is 13.8. The first kappa shape index (κ1) is 21.7. The van der Waals surface area contributed by atoms with Gasteiger partial charge in [0.1, 0.15) is 6.04 Å². The Bertz CT molecular complexity index is 796. The van der Waals surface area contributed by atoms with E-state index in [4.69, 9.17) is 0 Å². The summed E-state index contributed by atoms with van der Waals surface area (Å²) < 4.78 is 0. The predicted molar refractivity (Wildman–Crippen MR) is 125 cm³/mol. The van der Waals surface area contributed by atoms with Crippen molar-refractivity contribution in [2.45, 2.75) is 107 Å². The Morgan fingerprint density at radius 2 is 1.47 bits per heavy atom. The molecule has 4 atom stereocenters. The standard InChI is InChI=1S/C26H37N3O3/c30-25(31)24-15-8-16-27(24)26(32)29(20-11-5-2-6-12-20)23-17-21-13-7-14-22(18-23)28(21)19-9-3-1-4-10-19/h2,5-6,11-12,19,21-24H,1,3-4,7-10,13-18H2,(H,30,31)/t21-,22+,23?,24-/m1/s1. The van der Waals surface area contributed by atoms with Crippen molar-refractivity contribution in [3.63, 3.8) is 0 Å². The molecule has 1 saturated carbocycles. The fraction of sp³-hybridized carbons (Fsp3) is 0.692. The second-order valence-corrected chi connectivity index (χ2v) is 10.3. The van der Waals surface area contributed by atoms with Gasteiger partial charge in [-0.1, -0.05) is 43.9 Å². The molecule has 1 unspecified atom stereocenters. The van der Waals surface area contributed by atoms with Crippen LogP contribution in [0.4, 0.5) is 10.5 Å². The van der Waals surface area contributed by atoms with E-state index in [0.717, 1.165) is 31.0 Å². The molecule has 1 aliphatic carbocycles. The van der Waals surface area contributed by atoms with Gasteiger partial charge >= 0.3 is 12.0 Å². The number of anilines is 1. The van der Waals surface area contributed by atoms with E-state index in [1.165, 1.54) is 51.4 Å². The van der Waals surface area contributed by atoms with E-state index in [2.05, 4.69) is 4.90 Å². The molecule has 32 heavy (non-hydrogen) atoms. The molecule has 5 rings (SSSR count). The monoisotopic (exact) mass is 439 g/mol. The van der Waals surface area contributed by atoms with Gasteiger partial charge in [-0.25, -0.2) is 9.59 Å². The number of carboxylic acids is 1. The van der Waals surface area contributed by atoms with Gasteiger partial charge in [0, 0.05) is 36.4 Å². The Labute approximate surface area is 191 Å². The summed E-state index contributed by atoms with van der Waals surface area (Å²) >= 11 is 0. The van der Waals surface area contributed by atoms with E-state index in [9.17, 15) is 14.7 Å². The van der Waals surface area contributed by atoms with Gasteiger partial charge in [-0.15, -0.1) is 0 Å². The van der Waals surface area contributed by atoms with Crippen LogP contribution in [0.1, 0.15) is 77.0 Å². The summed E-state index contributed by atoms with van der Waals surface area (Å²) in [6.45, 7) is 0.535. The molecule has 3 heterocycles. The Balaban J connectivity index is 1.41. The molecular formula is C26H37N3O3. The van der Waals surface area contributed by atoms with Crippen LogP contribution in [0.2, 0.25) is 0 Å². The Hall–Kier alpha value is -2.08. The lowest BCUT2D eigenvalue weighted by molar-refractivity contribution is -0.141. The minimum Gasteiger partial charge on any atom is -0.480 e. The fourth-order valence-corrected chi connectivity index (χ4v) is 7.03. The van der Waals surface area contributed by atoms with Crippen LogP contribution in [0, 0.1) is 0 Å². The summed E-state index contributed by atoms with van der Waals surface area (Å²) in [7, 11) is 0. The summed E-state index contributed by atoms with van der Waals surface area (Å²) in [6.07, 6.45) is 13.8. The van der Waals surface area contributed by atoms with E-state index in [1.54, 1.807) is 4.90 Å². The van der Waals surface area contributed by atoms with Crippen LogP contribution in [0.25, 0.3) is 0 Å². The van der Waals surface area contributed by atoms with E-state index < -0.39 is 12.0 Å². The lowest BCUT2D eigenvalue weighted by Gasteiger charge is -2.54. The van der Waals surface area contributed by atoms with E-state index in [0.29, 0.717) is 25.0 Å². The molecule has 0 radical (unpaired) electrons. The van der Waals surface area contributed by atoms with Crippen LogP contribution in [-0.4, -0.2) is 63.7 Å². The van der Waals surface area contributed by atoms with Crippen molar-refractivity contribution >= 4 is 17.7 Å². The number of para-hydroxylation sites is 1. The maximum atomic E-state index is 13.8. The first-order valence-electron chi connectivity index (χ1n) is 12.8. The highest BCUT2D eigenvalue weighted by molar-refractivity contribution is 5.95. The second kappa shape index (κ2) is 9.42. The van der Waals surface area contributed by atoms with Gasteiger partial charge in [0.25, 0.3) is 0 Å². The molecule has 174 valence electrons. The van der Waals surface area contributed by atoms with Gasteiger partial charge in [0.2, 0.25) is 0 Å². The number of benzene rings is 1. The smallest absolute Gasteiger partial charge is 0.326 e. The molecule has 6 nitrogen and oxygen atoms in total. The number of urea groups is 1. The Morgan fingerprint density at radius 3 is 2.12 bits per heavy atom. The zero-order valence-corrected chi connectivity index (χ0v) is 19.1. The quantitative estimate of drug-likeness (QED) is 0.726. The maximum Gasteiger partial charge on any atom is 0.326 e. The number of amides is 2. The van der Waals surface area contributed by atoms with Crippen molar-refractivity contribution in [2.75, 3.05) is 11.4 Å². The van der Waals surface area contributed by atoms with Gasteiger partial charge in [-0.2, -0.15) is 0 Å². The molecule has 3 saturated heterocycles. The van der Waals surface area contributed by atoms with Crippen molar-refractivity contribution < 1.29 is 14.7 Å². The predicted octanol–water partition coefficient (Wildman–Crippen LogP) is 4.88. The summed E-state index contributed by atoms with van der Waals surface area (Å²) in [6, 6.07) is 11.1. The van der Waals surface area contributed by atoms with Gasteiger partial charge in [0.15, 0.2) is 0 Å². The number of fused-ring (bicyclic) bond motifs is 2. The third-order valence-corrected chi connectivity index (χ3v) is 8.39. The summed E-state index contributed by atoms with van der Waals surface area (Å²) in [5, 5.41) is 9.69. The average Bonchev–Trinajstić information content (AvgIpc) is 3.30. The van der Waals surface area contributed by atoms with Crippen LogP contribution in [0.15, 0.2) is 30.3 Å². The van der Waals surface area contributed by atoms with Gasteiger partial charge in [0.05, 0.1) is 0 Å². The highest BCUT2D eigenvalue weighted by Gasteiger charge is 2.46. The number of rotatable bonds is 4. The first-order valence-corrected chi connectivity index (χ1v) is 12.8. The fourth-order valence-electron chi connectivity index (χ4n) is 7.03. The molecule has 4 aliphatic rings. The van der Waals surface area contributed by atoms with E-state index in [1.807, 2.05) is 35.2 Å². The zero-order chi connectivity index (χ0) is 22.1. The number of piperidine rings is 2. The topological polar surface area (TPSA) is 64.1 Å². The van der Waals surface area contributed by atoms with Crippen LogP contribution >= 0.6 is 0 Å². The first-order chi connectivity index (χ1) is 15.6. The Morgan fingerprint density at radius 1 is 0.812 bits per heavy atom.